The van der Waals surface area contributed by atoms with Crippen LogP contribution in [-0.2, 0) is 5.41 Å². The lowest BCUT2D eigenvalue weighted by atomic mass is 9.71. The molecular formula is C29H34ClN3O. The standard InChI is InChI=1S/C29H34ClN3O/c1-18(2)19-8-10-20(11-9-19)23-14-21(29(6,7)17-28(3,4)5)15-26(27(23)34)33-31-24-13-12-22(30)16-25(24)32-33/h8-16,18,34H,17H2,1-7H3. The Bertz CT molecular complexity index is 1330. The third-order valence-electron chi connectivity index (χ3n) is 6.29. The van der Waals surface area contributed by atoms with Crippen LogP contribution in [0, 0.1) is 5.41 Å². The maximum Gasteiger partial charge on any atom is 0.150 e. The van der Waals surface area contributed by atoms with Gasteiger partial charge in [-0.3, -0.25) is 0 Å². The van der Waals surface area contributed by atoms with Crippen molar-refractivity contribution in [2.24, 2.45) is 5.41 Å². The molecule has 0 aliphatic carbocycles. The molecule has 0 atom stereocenters. The van der Waals surface area contributed by atoms with Crippen LogP contribution in [0.4, 0.5) is 0 Å². The molecule has 0 aliphatic rings. The number of hydrogen-bond donors (Lipinski definition) is 1. The summed E-state index contributed by atoms with van der Waals surface area (Å²) in [7, 11) is 0. The van der Waals surface area contributed by atoms with E-state index in [2.05, 4.69) is 89.0 Å². The number of nitrogens with zero attached hydrogens (tertiary/aromatic N) is 3. The van der Waals surface area contributed by atoms with Crippen molar-refractivity contribution in [3.8, 4) is 22.6 Å². The molecule has 1 heterocycles. The summed E-state index contributed by atoms with van der Waals surface area (Å²) in [5.74, 6) is 0.613. The van der Waals surface area contributed by atoms with E-state index in [4.69, 9.17) is 11.6 Å². The van der Waals surface area contributed by atoms with Crippen LogP contribution in [0.25, 0.3) is 27.8 Å². The predicted octanol–water partition coefficient (Wildman–Crippen LogP) is 8.28. The molecule has 4 nitrogen and oxygen atoms in total. The minimum absolute atomic E-state index is 0.122. The molecule has 0 bridgehead atoms. The summed E-state index contributed by atoms with van der Waals surface area (Å²) in [5, 5.41) is 21.3. The number of hydrogen-bond acceptors (Lipinski definition) is 3. The third kappa shape index (κ3) is 4.97. The second-order valence-corrected chi connectivity index (χ2v) is 11.8. The Morgan fingerprint density at radius 3 is 2.15 bits per heavy atom. The van der Waals surface area contributed by atoms with Gasteiger partial charge >= 0.3 is 0 Å². The normalized spacial score (nSPS) is 12.6. The lowest BCUT2D eigenvalue weighted by Gasteiger charge is -2.33. The van der Waals surface area contributed by atoms with Crippen LogP contribution in [0.3, 0.4) is 0 Å². The van der Waals surface area contributed by atoms with Crippen LogP contribution < -0.4 is 0 Å². The first-order valence-electron chi connectivity index (χ1n) is 11.8. The molecule has 3 aromatic carbocycles. The topological polar surface area (TPSA) is 50.9 Å². The predicted molar refractivity (Wildman–Crippen MR) is 142 cm³/mol. The van der Waals surface area contributed by atoms with Crippen molar-refractivity contribution in [2.45, 2.75) is 66.2 Å². The zero-order valence-corrected chi connectivity index (χ0v) is 21.9. The van der Waals surface area contributed by atoms with Gasteiger partial charge in [0.15, 0.2) is 5.75 Å². The smallest absolute Gasteiger partial charge is 0.150 e. The molecule has 0 amide bonds. The van der Waals surface area contributed by atoms with Gasteiger partial charge in [0.05, 0.1) is 0 Å². The number of benzene rings is 3. The van der Waals surface area contributed by atoms with Crippen molar-refractivity contribution in [2.75, 3.05) is 0 Å². The lowest BCUT2D eigenvalue weighted by Crippen LogP contribution is -2.25. The Morgan fingerprint density at radius 1 is 0.882 bits per heavy atom. The van der Waals surface area contributed by atoms with Gasteiger partial charge in [-0.15, -0.1) is 15.0 Å². The first-order valence-corrected chi connectivity index (χ1v) is 12.2. The Kier molecular flexibility index (Phi) is 6.24. The van der Waals surface area contributed by atoms with E-state index in [0.29, 0.717) is 22.1 Å². The number of aromatic hydroxyl groups is 1. The number of fused-ring (bicyclic) bond motifs is 1. The molecule has 0 saturated carbocycles. The van der Waals surface area contributed by atoms with E-state index in [1.807, 2.05) is 12.1 Å². The molecule has 0 saturated heterocycles. The molecule has 4 aromatic rings. The fourth-order valence-corrected chi connectivity index (χ4v) is 5.02. The van der Waals surface area contributed by atoms with E-state index in [1.165, 1.54) is 10.4 Å². The highest BCUT2D eigenvalue weighted by Gasteiger charge is 2.29. The maximum atomic E-state index is 11.4. The molecule has 1 N–H and O–H groups in total. The van der Waals surface area contributed by atoms with Crippen molar-refractivity contribution in [1.82, 2.24) is 15.0 Å². The van der Waals surface area contributed by atoms with Crippen LogP contribution in [0.2, 0.25) is 5.02 Å². The van der Waals surface area contributed by atoms with Crippen molar-refractivity contribution in [3.05, 3.63) is 70.7 Å². The monoisotopic (exact) mass is 475 g/mol. The molecule has 34 heavy (non-hydrogen) atoms. The molecular weight excluding hydrogens is 442 g/mol. The van der Waals surface area contributed by atoms with E-state index < -0.39 is 0 Å². The number of halogens is 1. The molecule has 0 radical (unpaired) electrons. The fourth-order valence-electron chi connectivity index (χ4n) is 4.85. The van der Waals surface area contributed by atoms with E-state index in [1.54, 1.807) is 12.1 Å². The number of rotatable bonds is 5. The van der Waals surface area contributed by atoms with Gasteiger partial charge in [-0.2, -0.15) is 0 Å². The molecule has 0 unspecified atom stereocenters. The zero-order chi connectivity index (χ0) is 24.8. The van der Waals surface area contributed by atoms with E-state index in [9.17, 15) is 5.11 Å². The minimum Gasteiger partial charge on any atom is -0.505 e. The maximum absolute atomic E-state index is 11.4. The molecule has 5 heteroatoms. The molecule has 0 aliphatic heterocycles. The van der Waals surface area contributed by atoms with Crippen LogP contribution in [-0.4, -0.2) is 20.1 Å². The first-order chi connectivity index (χ1) is 15.8. The van der Waals surface area contributed by atoms with Gasteiger partial charge in [0.25, 0.3) is 0 Å². The van der Waals surface area contributed by atoms with Gasteiger partial charge in [0.2, 0.25) is 0 Å². The first kappa shape index (κ1) is 24.3. The summed E-state index contributed by atoms with van der Waals surface area (Å²) >= 11 is 6.17. The molecule has 4 rings (SSSR count). The van der Waals surface area contributed by atoms with Gasteiger partial charge in [0.1, 0.15) is 16.7 Å². The van der Waals surface area contributed by atoms with Gasteiger partial charge in [-0.05, 0) is 70.2 Å². The number of phenolic OH excluding ortho intramolecular Hbond substituents is 1. The summed E-state index contributed by atoms with van der Waals surface area (Å²) in [5.41, 5.74) is 6.16. The molecule has 178 valence electrons. The second-order valence-electron chi connectivity index (χ2n) is 11.4. The van der Waals surface area contributed by atoms with Gasteiger partial charge < -0.3 is 5.11 Å². The Balaban J connectivity index is 1.93. The number of aromatic nitrogens is 3. The van der Waals surface area contributed by atoms with E-state index in [0.717, 1.165) is 28.6 Å². The summed E-state index contributed by atoms with van der Waals surface area (Å²) in [6, 6.07) is 18.0. The zero-order valence-electron chi connectivity index (χ0n) is 21.1. The second kappa shape index (κ2) is 8.74. The molecule has 1 aromatic heterocycles. The minimum atomic E-state index is -0.122. The van der Waals surface area contributed by atoms with Crippen LogP contribution >= 0.6 is 11.6 Å². The highest BCUT2D eigenvalue weighted by Crippen LogP contribution is 2.43. The largest absolute Gasteiger partial charge is 0.505 e. The van der Waals surface area contributed by atoms with Crippen molar-refractivity contribution in [1.29, 1.82) is 0 Å². The average molecular weight is 476 g/mol. The van der Waals surface area contributed by atoms with Crippen LogP contribution in [0.15, 0.2) is 54.6 Å². The Hall–Kier alpha value is -2.85. The van der Waals surface area contributed by atoms with Crippen LogP contribution in [0.5, 0.6) is 5.75 Å². The lowest BCUT2D eigenvalue weighted by molar-refractivity contribution is 0.284. The molecule has 0 spiro atoms. The quantitative estimate of drug-likeness (QED) is 0.316. The van der Waals surface area contributed by atoms with Crippen molar-refractivity contribution < 1.29 is 5.11 Å². The van der Waals surface area contributed by atoms with Gasteiger partial charge in [0, 0.05) is 10.6 Å². The van der Waals surface area contributed by atoms with Gasteiger partial charge in [-0.1, -0.05) is 84.3 Å². The molecule has 0 fully saturated rings. The Labute approximate surface area is 207 Å². The van der Waals surface area contributed by atoms with Gasteiger partial charge in [-0.25, -0.2) is 0 Å². The van der Waals surface area contributed by atoms with Crippen molar-refractivity contribution in [3.63, 3.8) is 0 Å². The SMILES string of the molecule is CC(C)c1ccc(-c2cc(C(C)(C)CC(C)(C)C)cc(-n3nc4ccc(Cl)cc4n3)c2O)cc1. The summed E-state index contributed by atoms with van der Waals surface area (Å²) < 4.78 is 0. The Morgan fingerprint density at radius 2 is 1.53 bits per heavy atom. The highest BCUT2D eigenvalue weighted by molar-refractivity contribution is 6.31. The average Bonchev–Trinajstić information content (AvgIpc) is 3.15. The van der Waals surface area contributed by atoms with E-state index >= 15 is 0 Å². The summed E-state index contributed by atoms with van der Waals surface area (Å²) in [6.07, 6.45) is 0.986. The van der Waals surface area contributed by atoms with Crippen LogP contribution in [0.1, 0.15) is 71.9 Å². The highest BCUT2D eigenvalue weighted by atomic mass is 35.5. The van der Waals surface area contributed by atoms with E-state index in [-0.39, 0.29) is 16.6 Å². The summed E-state index contributed by atoms with van der Waals surface area (Å²) in [4.78, 5) is 1.53. The van der Waals surface area contributed by atoms with Crippen molar-refractivity contribution >= 4 is 22.6 Å². The summed E-state index contributed by atoms with van der Waals surface area (Å²) in [6.45, 7) is 15.6. The number of phenols is 1. The fraction of sp³-hybridized carbons (Fsp3) is 0.379. The third-order valence-corrected chi connectivity index (χ3v) is 6.52.